The van der Waals surface area contributed by atoms with Crippen molar-refractivity contribution in [2.24, 2.45) is 5.92 Å². The number of amides is 2. The highest BCUT2D eigenvalue weighted by molar-refractivity contribution is 9.10. The third kappa shape index (κ3) is 3.14. The van der Waals surface area contributed by atoms with E-state index in [1.807, 2.05) is 31.2 Å². The number of hydrogen-bond donors (Lipinski definition) is 1. The van der Waals surface area contributed by atoms with Crippen LogP contribution in [0.3, 0.4) is 0 Å². The molecule has 1 N–H and O–H groups in total. The highest BCUT2D eigenvalue weighted by Crippen LogP contribution is 2.37. The van der Waals surface area contributed by atoms with Gasteiger partial charge in [0.25, 0.3) is 0 Å². The third-order valence-electron chi connectivity index (χ3n) is 4.59. The molecule has 1 atom stereocenters. The summed E-state index contributed by atoms with van der Waals surface area (Å²) in [5.41, 5.74) is 2.48. The average molecular weight is 417 g/mol. The Morgan fingerprint density at radius 1 is 1.19 bits per heavy atom. The zero-order chi connectivity index (χ0) is 18.3. The molecule has 26 heavy (non-hydrogen) atoms. The van der Waals surface area contributed by atoms with Crippen molar-refractivity contribution in [3.05, 3.63) is 46.4 Å². The second-order valence-corrected chi connectivity index (χ2v) is 7.25. The van der Waals surface area contributed by atoms with Crippen LogP contribution in [-0.4, -0.2) is 25.2 Å². The van der Waals surface area contributed by atoms with Gasteiger partial charge < -0.3 is 19.7 Å². The number of carbonyl (C=O) groups excluding carboxylic acids is 2. The van der Waals surface area contributed by atoms with Crippen LogP contribution in [-0.2, 0) is 9.59 Å². The summed E-state index contributed by atoms with van der Waals surface area (Å²) in [5.74, 6) is 0.671. The third-order valence-corrected chi connectivity index (χ3v) is 5.48. The van der Waals surface area contributed by atoms with Crippen LogP contribution in [0.2, 0.25) is 0 Å². The number of ether oxygens (including phenoxy) is 2. The SMILES string of the molecule is Cc1cc(NC(=O)C2CC(=O)N(c3ccc4c(c3)OCO4)C2)ccc1Br. The largest absolute Gasteiger partial charge is 0.454 e. The molecule has 2 aliphatic rings. The lowest BCUT2D eigenvalue weighted by Gasteiger charge is -2.17. The first kappa shape index (κ1) is 16.9. The number of anilines is 2. The van der Waals surface area contributed by atoms with Crippen LogP contribution >= 0.6 is 15.9 Å². The highest BCUT2D eigenvalue weighted by Gasteiger charge is 2.35. The van der Waals surface area contributed by atoms with E-state index in [1.54, 1.807) is 17.0 Å². The van der Waals surface area contributed by atoms with Gasteiger partial charge in [0.05, 0.1) is 5.92 Å². The molecule has 1 saturated heterocycles. The van der Waals surface area contributed by atoms with Crippen molar-refractivity contribution in [3.63, 3.8) is 0 Å². The highest BCUT2D eigenvalue weighted by atomic mass is 79.9. The smallest absolute Gasteiger partial charge is 0.231 e. The molecule has 0 aliphatic carbocycles. The van der Waals surface area contributed by atoms with Gasteiger partial charge in [-0.1, -0.05) is 15.9 Å². The van der Waals surface area contributed by atoms with Gasteiger partial charge in [-0.05, 0) is 42.8 Å². The van der Waals surface area contributed by atoms with Gasteiger partial charge >= 0.3 is 0 Å². The second kappa shape index (κ2) is 6.64. The number of hydrogen-bond acceptors (Lipinski definition) is 4. The molecule has 2 aromatic carbocycles. The normalized spacial score (nSPS) is 18.3. The van der Waals surface area contributed by atoms with E-state index in [9.17, 15) is 9.59 Å². The van der Waals surface area contributed by atoms with Gasteiger partial charge in [-0.3, -0.25) is 9.59 Å². The topological polar surface area (TPSA) is 67.9 Å². The molecule has 0 radical (unpaired) electrons. The van der Waals surface area contributed by atoms with E-state index in [2.05, 4.69) is 21.2 Å². The van der Waals surface area contributed by atoms with Gasteiger partial charge in [0, 0.05) is 34.9 Å². The van der Waals surface area contributed by atoms with Crippen molar-refractivity contribution in [1.82, 2.24) is 0 Å². The molecule has 2 amide bonds. The van der Waals surface area contributed by atoms with E-state index in [0.29, 0.717) is 23.7 Å². The van der Waals surface area contributed by atoms with E-state index in [1.165, 1.54) is 0 Å². The van der Waals surface area contributed by atoms with Crippen molar-refractivity contribution < 1.29 is 19.1 Å². The minimum atomic E-state index is -0.392. The van der Waals surface area contributed by atoms with Crippen LogP contribution in [0.25, 0.3) is 0 Å². The van der Waals surface area contributed by atoms with Gasteiger partial charge in [0.1, 0.15) is 0 Å². The van der Waals surface area contributed by atoms with Crippen molar-refractivity contribution in [3.8, 4) is 11.5 Å². The Bertz CT molecular complexity index is 899. The molecule has 2 aliphatic heterocycles. The minimum Gasteiger partial charge on any atom is -0.454 e. The second-order valence-electron chi connectivity index (χ2n) is 6.40. The molecule has 4 rings (SSSR count). The van der Waals surface area contributed by atoms with Crippen LogP contribution in [0.1, 0.15) is 12.0 Å². The Kier molecular flexibility index (Phi) is 4.32. The summed E-state index contributed by atoms with van der Waals surface area (Å²) < 4.78 is 11.6. The predicted molar refractivity (Wildman–Crippen MR) is 101 cm³/mol. The standard InChI is InChI=1S/C19H17BrN2O4/c1-11-6-13(2-4-15(11)20)21-19(24)12-7-18(23)22(9-12)14-3-5-16-17(8-14)26-10-25-16/h2-6,8,12H,7,9-10H2,1H3,(H,21,24). The molecule has 2 aromatic rings. The van der Waals surface area contributed by atoms with Gasteiger partial charge in [0.2, 0.25) is 18.6 Å². The Labute approximate surface area is 159 Å². The van der Waals surface area contributed by atoms with E-state index < -0.39 is 5.92 Å². The number of halogens is 1. The summed E-state index contributed by atoms with van der Waals surface area (Å²) in [4.78, 5) is 26.6. The van der Waals surface area contributed by atoms with E-state index in [-0.39, 0.29) is 25.0 Å². The maximum Gasteiger partial charge on any atom is 0.231 e. The number of nitrogens with zero attached hydrogens (tertiary/aromatic N) is 1. The summed E-state index contributed by atoms with van der Waals surface area (Å²) in [5, 5.41) is 2.90. The Morgan fingerprint density at radius 3 is 2.81 bits per heavy atom. The molecule has 1 unspecified atom stereocenters. The number of carbonyl (C=O) groups is 2. The van der Waals surface area contributed by atoms with Crippen LogP contribution in [0.15, 0.2) is 40.9 Å². The molecule has 0 bridgehead atoms. The molecular weight excluding hydrogens is 400 g/mol. The number of benzene rings is 2. The molecule has 6 nitrogen and oxygen atoms in total. The van der Waals surface area contributed by atoms with Crippen LogP contribution in [0, 0.1) is 12.8 Å². The van der Waals surface area contributed by atoms with Crippen LogP contribution in [0.5, 0.6) is 11.5 Å². The van der Waals surface area contributed by atoms with Crippen LogP contribution < -0.4 is 19.7 Å². The quantitative estimate of drug-likeness (QED) is 0.831. The zero-order valence-corrected chi connectivity index (χ0v) is 15.7. The fourth-order valence-electron chi connectivity index (χ4n) is 3.15. The summed E-state index contributed by atoms with van der Waals surface area (Å²) in [6.45, 7) is 2.49. The molecule has 1 fully saturated rings. The lowest BCUT2D eigenvalue weighted by Crippen LogP contribution is -2.28. The number of aryl methyl sites for hydroxylation is 1. The van der Waals surface area contributed by atoms with Crippen molar-refractivity contribution in [2.75, 3.05) is 23.6 Å². The number of nitrogens with one attached hydrogen (secondary N) is 1. The predicted octanol–water partition coefficient (Wildman–Crippen LogP) is 3.48. The summed E-state index contributed by atoms with van der Waals surface area (Å²) in [6, 6.07) is 11.0. The molecule has 0 spiro atoms. The maximum absolute atomic E-state index is 12.6. The lowest BCUT2D eigenvalue weighted by atomic mass is 10.1. The Hall–Kier alpha value is -2.54. The first-order valence-corrected chi connectivity index (χ1v) is 9.07. The van der Waals surface area contributed by atoms with Gasteiger partial charge in [-0.15, -0.1) is 0 Å². The molecule has 2 heterocycles. The monoisotopic (exact) mass is 416 g/mol. The average Bonchev–Trinajstić information content (AvgIpc) is 3.23. The van der Waals surface area contributed by atoms with E-state index in [0.717, 1.165) is 15.7 Å². The molecule has 0 aromatic heterocycles. The Balaban J connectivity index is 1.47. The molecule has 134 valence electrons. The van der Waals surface area contributed by atoms with Crippen LogP contribution in [0.4, 0.5) is 11.4 Å². The fraction of sp³-hybridized carbons (Fsp3) is 0.263. The van der Waals surface area contributed by atoms with Gasteiger partial charge in [0.15, 0.2) is 11.5 Å². The van der Waals surface area contributed by atoms with Crippen molar-refractivity contribution >= 4 is 39.1 Å². The lowest BCUT2D eigenvalue weighted by molar-refractivity contribution is -0.122. The minimum absolute atomic E-state index is 0.0731. The van der Waals surface area contributed by atoms with Gasteiger partial charge in [-0.25, -0.2) is 0 Å². The van der Waals surface area contributed by atoms with E-state index in [4.69, 9.17) is 9.47 Å². The number of rotatable bonds is 3. The first-order valence-electron chi connectivity index (χ1n) is 8.28. The zero-order valence-electron chi connectivity index (χ0n) is 14.1. The van der Waals surface area contributed by atoms with E-state index >= 15 is 0 Å². The number of fused-ring (bicyclic) bond motifs is 1. The summed E-state index contributed by atoms with van der Waals surface area (Å²) in [7, 11) is 0. The fourth-order valence-corrected chi connectivity index (χ4v) is 3.40. The summed E-state index contributed by atoms with van der Waals surface area (Å²) in [6.07, 6.45) is 0.190. The Morgan fingerprint density at radius 2 is 2.00 bits per heavy atom. The molecule has 0 saturated carbocycles. The van der Waals surface area contributed by atoms with Crippen molar-refractivity contribution in [2.45, 2.75) is 13.3 Å². The van der Waals surface area contributed by atoms with Crippen molar-refractivity contribution in [1.29, 1.82) is 0 Å². The first-order chi connectivity index (χ1) is 12.5. The summed E-state index contributed by atoms with van der Waals surface area (Å²) >= 11 is 3.44. The maximum atomic E-state index is 12.6. The molecular formula is C19H17BrN2O4. The van der Waals surface area contributed by atoms with Gasteiger partial charge in [-0.2, -0.15) is 0 Å². The molecule has 7 heteroatoms.